The number of hydrogen-bond donors (Lipinski definition) is 1. The molecule has 102 valence electrons. The third-order valence-electron chi connectivity index (χ3n) is 3.52. The lowest BCUT2D eigenvalue weighted by Crippen LogP contribution is -2.35. The molecule has 1 saturated heterocycles. The summed E-state index contributed by atoms with van der Waals surface area (Å²) in [5.41, 5.74) is 5.64. The molecule has 1 aliphatic rings. The molecule has 1 aromatic rings. The lowest BCUT2D eigenvalue weighted by Gasteiger charge is -2.31. The molecule has 0 spiro atoms. The van der Waals surface area contributed by atoms with Gasteiger partial charge in [-0.15, -0.1) is 0 Å². The van der Waals surface area contributed by atoms with E-state index in [0.29, 0.717) is 0 Å². The van der Waals surface area contributed by atoms with E-state index >= 15 is 0 Å². The third-order valence-corrected chi connectivity index (χ3v) is 3.52. The van der Waals surface area contributed by atoms with Crippen LogP contribution in [-0.4, -0.2) is 34.7 Å². The fraction of sp³-hybridized carbons (Fsp3) is 0.846. The minimum atomic E-state index is 0.741. The van der Waals surface area contributed by atoms with E-state index in [1.165, 1.54) is 12.8 Å². The second-order valence-corrected chi connectivity index (χ2v) is 5.18. The molecule has 0 amide bonds. The van der Waals surface area contributed by atoms with E-state index < -0.39 is 0 Å². The number of rotatable bonds is 6. The smallest absolute Gasteiger partial charge is 0.226 e. The standard InChI is InChI=1S/C13H24N4O/c1-2-4-13-15-12(16-18-13)10-17-8-3-5-11(9-17)6-7-14/h11H,2-10,14H2,1H3. The highest BCUT2D eigenvalue weighted by atomic mass is 16.5. The van der Waals surface area contributed by atoms with Crippen LogP contribution < -0.4 is 5.73 Å². The molecular formula is C13H24N4O. The van der Waals surface area contributed by atoms with Gasteiger partial charge in [-0.3, -0.25) is 4.90 Å². The Morgan fingerprint density at radius 2 is 2.39 bits per heavy atom. The second-order valence-electron chi connectivity index (χ2n) is 5.18. The summed E-state index contributed by atoms with van der Waals surface area (Å²) in [4.78, 5) is 6.84. The van der Waals surface area contributed by atoms with Crippen molar-refractivity contribution in [3.63, 3.8) is 0 Å². The molecule has 0 aromatic carbocycles. The fourth-order valence-electron chi connectivity index (χ4n) is 2.64. The Balaban J connectivity index is 1.84. The zero-order valence-electron chi connectivity index (χ0n) is 11.3. The molecule has 0 aliphatic carbocycles. The van der Waals surface area contributed by atoms with E-state index in [0.717, 1.165) is 63.1 Å². The van der Waals surface area contributed by atoms with Gasteiger partial charge >= 0.3 is 0 Å². The number of aryl methyl sites for hydroxylation is 1. The molecular weight excluding hydrogens is 228 g/mol. The van der Waals surface area contributed by atoms with Gasteiger partial charge in [0.05, 0.1) is 6.54 Å². The minimum absolute atomic E-state index is 0.741. The summed E-state index contributed by atoms with van der Waals surface area (Å²) in [5.74, 6) is 2.33. The molecule has 2 rings (SSSR count). The molecule has 0 radical (unpaired) electrons. The van der Waals surface area contributed by atoms with Crippen LogP contribution >= 0.6 is 0 Å². The van der Waals surface area contributed by atoms with Gasteiger partial charge in [-0.25, -0.2) is 0 Å². The third kappa shape index (κ3) is 3.78. The first-order valence-electron chi connectivity index (χ1n) is 7.05. The van der Waals surface area contributed by atoms with Gasteiger partial charge in [0.2, 0.25) is 5.89 Å². The SMILES string of the molecule is CCCc1nc(CN2CCCC(CCN)C2)no1. The summed E-state index contributed by atoms with van der Waals surface area (Å²) in [7, 11) is 0. The summed E-state index contributed by atoms with van der Waals surface area (Å²) >= 11 is 0. The van der Waals surface area contributed by atoms with Crippen LogP contribution in [0.15, 0.2) is 4.52 Å². The van der Waals surface area contributed by atoms with Crippen LogP contribution in [0.5, 0.6) is 0 Å². The van der Waals surface area contributed by atoms with Crippen LogP contribution in [-0.2, 0) is 13.0 Å². The van der Waals surface area contributed by atoms with Crippen molar-refractivity contribution in [3.8, 4) is 0 Å². The number of piperidine rings is 1. The van der Waals surface area contributed by atoms with E-state index in [9.17, 15) is 0 Å². The molecule has 2 N–H and O–H groups in total. The maximum absolute atomic E-state index is 5.64. The van der Waals surface area contributed by atoms with Crippen molar-refractivity contribution in [1.29, 1.82) is 0 Å². The second kappa shape index (κ2) is 6.85. The molecule has 5 nitrogen and oxygen atoms in total. The van der Waals surface area contributed by atoms with Gasteiger partial charge in [-0.1, -0.05) is 12.1 Å². The van der Waals surface area contributed by atoms with Crippen LogP contribution in [0.2, 0.25) is 0 Å². The van der Waals surface area contributed by atoms with Gasteiger partial charge in [0.15, 0.2) is 5.82 Å². The monoisotopic (exact) mass is 252 g/mol. The molecule has 1 fully saturated rings. The Morgan fingerprint density at radius 1 is 1.50 bits per heavy atom. The van der Waals surface area contributed by atoms with E-state index in [4.69, 9.17) is 10.3 Å². The highest BCUT2D eigenvalue weighted by Gasteiger charge is 2.20. The van der Waals surface area contributed by atoms with Crippen LogP contribution in [0.3, 0.4) is 0 Å². The molecule has 0 saturated carbocycles. The fourth-order valence-corrected chi connectivity index (χ4v) is 2.64. The topological polar surface area (TPSA) is 68.2 Å². The van der Waals surface area contributed by atoms with Gasteiger partial charge in [0, 0.05) is 13.0 Å². The Hall–Kier alpha value is -0.940. The number of likely N-dealkylation sites (tertiary alicyclic amines) is 1. The quantitative estimate of drug-likeness (QED) is 0.832. The van der Waals surface area contributed by atoms with Crippen molar-refractivity contribution in [3.05, 3.63) is 11.7 Å². The van der Waals surface area contributed by atoms with Crippen molar-refractivity contribution >= 4 is 0 Å². The lowest BCUT2D eigenvalue weighted by molar-refractivity contribution is 0.158. The zero-order valence-corrected chi connectivity index (χ0v) is 11.3. The first kappa shape index (κ1) is 13.5. The Labute approximate surface area is 109 Å². The average molecular weight is 252 g/mol. The minimum Gasteiger partial charge on any atom is -0.339 e. The molecule has 1 aromatic heterocycles. The predicted molar refractivity (Wildman–Crippen MR) is 70.0 cm³/mol. The number of nitrogens with zero attached hydrogens (tertiary/aromatic N) is 3. The summed E-state index contributed by atoms with van der Waals surface area (Å²) in [5, 5.41) is 4.05. The van der Waals surface area contributed by atoms with E-state index in [1.54, 1.807) is 0 Å². The summed E-state index contributed by atoms with van der Waals surface area (Å²) < 4.78 is 5.21. The van der Waals surface area contributed by atoms with Crippen LogP contribution in [0, 0.1) is 5.92 Å². The highest BCUT2D eigenvalue weighted by molar-refractivity contribution is 4.87. The largest absolute Gasteiger partial charge is 0.339 e. The first-order chi connectivity index (χ1) is 8.81. The molecule has 0 bridgehead atoms. The predicted octanol–water partition coefficient (Wildman–Crippen LogP) is 1.58. The highest BCUT2D eigenvalue weighted by Crippen LogP contribution is 2.20. The maximum Gasteiger partial charge on any atom is 0.226 e. The molecule has 1 atom stereocenters. The number of nitrogens with two attached hydrogens (primary N) is 1. The number of aromatic nitrogens is 2. The first-order valence-corrected chi connectivity index (χ1v) is 7.05. The Bertz CT molecular complexity index is 351. The van der Waals surface area contributed by atoms with Gasteiger partial charge in [-0.05, 0) is 44.7 Å². The van der Waals surface area contributed by atoms with Gasteiger partial charge in [0.25, 0.3) is 0 Å². The van der Waals surface area contributed by atoms with E-state index in [-0.39, 0.29) is 0 Å². The summed E-state index contributed by atoms with van der Waals surface area (Å²) in [6.07, 6.45) is 5.61. The molecule has 2 heterocycles. The van der Waals surface area contributed by atoms with Crippen molar-refractivity contribution < 1.29 is 4.52 Å². The molecule has 1 aliphatic heterocycles. The van der Waals surface area contributed by atoms with Gasteiger partial charge < -0.3 is 10.3 Å². The van der Waals surface area contributed by atoms with Crippen LogP contribution in [0.25, 0.3) is 0 Å². The summed E-state index contributed by atoms with van der Waals surface area (Å²) in [6, 6.07) is 0. The molecule has 1 unspecified atom stereocenters. The normalized spacial score (nSPS) is 21.3. The van der Waals surface area contributed by atoms with Gasteiger partial charge in [0.1, 0.15) is 0 Å². The van der Waals surface area contributed by atoms with E-state index in [2.05, 4.69) is 22.0 Å². The Kier molecular flexibility index (Phi) is 5.13. The molecule has 18 heavy (non-hydrogen) atoms. The van der Waals surface area contributed by atoms with Crippen LogP contribution in [0.4, 0.5) is 0 Å². The van der Waals surface area contributed by atoms with Crippen molar-refractivity contribution in [1.82, 2.24) is 15.0 Å². The Morgan fingerprint density at radius 3 is 3.17 bits per heavy atom. The van der Waals surface area contributed by atoms with Crippen molar-refractivity contribution in [2.45, 2.75) is 45.6 Å². The van der Waals surface area contributed by atoms with Crippen molar-refractivity contribution in [2.75, 3.05) is 19.6 Å². The maximum atomic E-state index is 5.64. The summed E-state index contributed by atoms with van der Waals surface area (Å²) in [6.45, 7) is 5.98. The van der Waals surface area contributed by atoms with E-state index in [1.807, 2.05) is 0 Å². The number of hydrogen-bond acceptors (Lipinski definition) is 5. The molecule has 5 heteroatoms. The average Bonchev–Trinajstić information content (AvgIpc) is 2.78. The van der Waals surface area contributed by atoms with Crippen LogP contribution in [0.1, 0.15) is 44.3 Å². The zero-order chi connectivity index (χ0) is 12.8. The van der Waals surface area contributed by atoms with Gasteiger partial charge in [-0.2, -0.15) is 4.98 Å². The lowest BCUT2D eigenvalue weighted by atomic mass is 9.95. The van der Waals surface area contributed by atoms with Crippen molar-refractivity contribution in [2.24, 2.45) is 11.7 Å².